The number of thiophene rings is 2. The zero-order valence-corrected chi connectivity index (χ0v) is 18.0. The fraction of sp³-hybridized carbons (Fsp3) is 0.286. The quantitative estimate of drug-likeness (QED) is 0.522. The second-order valence-corrected chi connectivity index (χ2v) is 9.05. The van der Waals surface area contributed by atoms with E-state index in [1.807, 2.05) is 29.8 Å². The smallest absolute Gasteiger partial charge is 0.289 e. The van der Waals surface area contributed by atoms with Crippen LogP contribution in [0, 0.1) is 0 Å². The van der Waals surface area contributed by atoms with Crippen molar-refractivity contribution in [3.05, 3.63) is 63.2 Å². The molecular formula is C21H20N4O3S2. The number of carbonyl (C=O) groups is 1. The molecule has 154 valence electrons. The summed E-state index contributed by atoms with van der Waals surface area (Å²) in [5.74, 6) is 0.949. The monoisotopic (exact) mass is 440 g/mol. The van der Waals surface area contributed by atoms with E-state index >= 15 is 0 Å². The molecule has 0 unspecified atom stereocenters. The minimum Gasteiger partial charge on any atom is -0.459 e. The van der Waals surface area contributed by atoms with Crippen molar-refractivity contribution in [1.29, 1.82) is 0 Å². The van der Waals surface area contributed by atoms with Crippen molar-refractivity contribution in [3.8, 4) is 10.4 Å². The summed E-state index contributed by atoms with van der Waals surface area (Å²) in [6.45, 7) is 4.68. The first kappa shape index (κ1) is 19.2. The molecule has 5 heterocycles. The topological polar surface area (TPSA) is 82.4 Å². The maximum Gasteiger partial charge on any atom is 0.289 e. The van der Waals surface area contributed by atoms with Gasteiger partial charge < -0.3 is 14.3 Å². The molecule has 5 rings (SSSR count). The lowest BCUT2D eigenvalue weighted by Crippen LogP contribution is -2.49. The van der Waals surface area contributed by atoms with E-state index in [0.717, 1.165) is 15.3 Å². The number of nitrogens with zero attached hydrogens (tertiary/aromatic N) is 3. The molecule has 7 nitrogen and oxygen atoms in total. The highest BCUT2D eigenvalue weighted by molar-refractivity contribution is 7.18. The number of H-pyrrole nitrogens is 1. The van der Waals surface area contributed by atoms with Crippen LogP contribution < -0.4 is 5.56 Å². The van der Waals surface area contributed by atoms with E-state index < -0.39 is 0 Å². The summed E-state index contributed by atoms with van der Waals surface area (Å²) in [4.78, 5) is 39.0. The number of nitrogens with one attached hydrogen (secondary N) is 1. The Labute approximate surface area is 180 Å². The highest BCUT2D eigenvalue weighted by Gasteiger charge is 2.28. The third-order valence-corrected chi connectivity index (χ3v) is 7.30. The molecule has 0 radical (unpaired) electrons. The van der Waals surface area contributed by atoms with Crippen LogP contribution in [0.15, 0.2) is 50.5 Å². The van der Waals surface area contributed by atoms with Crippen LogP contribution in [0.3, 0.4) is 0 Å². The lowest BCUT2D eigenvalue weighted by Gasteiger charge is -2.37. The molecule has 30 heavy (non-hydrogen) atoms. The van der Waals surface area contributed by atoms with Crippen LogP contribution in [0.25, 0.3) is 20.7 Å². The molecule has 9 heteroatoms. The normalized spacial score (nSPS) is 16.2. The van der Waals surface area contributed by atoms with E-state index in [1.165, 1.54) is 17.6 Å². The number of amides is 1. The van der Waals surface area contributed by atoms with Crippen LogP contribution in [0.4, 0.5) is 0 Å². The largest absolute Gasteiger partial charge is 0.459 e. The van der Waals surface area contributed by atoms with Crippen molar-refractivity contribution < 1.29 is 9.21 Å². The zero-order chi connectivity index (χ0) is 20.7. The zero-order valence-electron chi connectivity index (χ0n) is 16.3. The third kappa shape index (κ3) is 3.38. The predicted molar refractivity (Wildman–Crippen MR) is 118 cm³/mol. The summed E-state index contributed by atoms with van der Waals surface area (Å²) in [5, 5.41) is 4.67. The van der Waals surface area contributed by atoms with Crippen LogP contribution in [0.2, 0.25) is 0 Å². The molecule has 1 aliphatic heterocycles. The van der Waals surface area contributed by atoms with Gasteiger partial charge in [0, 0.05) is 42.0 Å². The number of rotatable bonds is 4. The fourth-order valence-electron chi connectivity index (χ4n) is 3.82. The van der Waals surface area contributed by atoms with Gasteiger partial charge in [0.15, 0.2) is 5.76 Å². The van der Waals surface area contributed by atoms with Crippen LogP contribution in [0.1, 0.15) is 29.3 Å². The Bertz CT molecular complexity index is 1220. The first-order valence-electron chi connectivity index (χ1n) is 9.74. The Hall–Kier alpha value is -2.75. The van der Waals surface area contributed by atoms with Gasteiger partial charge in [-0.25, -0.2) is 4.98 Å². The molecule has 0 spiro atoms. The number of fused-ring (bicyclic) bond motifs is 1. The van der Waals surface area contributed by atoms with Gasteiger partial charge in [-0.2, -0.15) is 0 Å². The molecular weight excluding hydrogens is 420 g/mol. The van der Waals surface area contributed by atoms with Crippen molar-refractivity contribution in [2.24, 2.45) is 0 Å². The molecule has 0 aliphatic carbocycles. The number of aromatic nitrogens is 2. The maximum absolute atomic E-state index is 12.9. The van der Waals surface area contributed by atoms with Crippen molar-refractivity contribution in [3.63, 3.8) is 0 Å². The van der Waals surface area contributed by atoms with Gasteiger partial charge >= 0.3 is 0 Å². The summed E-state index contributed by atoms with van der Waals surface area (Å²) in [7, 11) is 0. The van der Waals surface area contributed by atoms with Gasteiger partial charge in [0.05, 0.1) is 17.7 Å². The molecule has 1 aliphatic rings. The first-order chi connectivity index (χ1) is 14.6. The second kappa shape index (κ2) is 7.82. The molecule has 1 saturated heterocycles. The van der Waals surface area contributed by atoms with Crippen molar-refractivity contribution in [2.75, 3.05) is 26.2 Å². The minimum atomic E-state index is -0.0990. The lowest BCUT2D eigenvalue weighted by atomic mass is 10.2. The second-order valence-electron chi connectivity index (χ2n) is 7.24. The summed E-state index contributed by atoms with van der Waals surface area (Å²) in [5.41, 5.74) is 0.848. The first-order valence-corrected chi connectivity index (χ1v) is 11.5. The molecule has 0 saturated carbocycles. The lowest BCUT2D eigenvalue weighted by molar-refractivity contribution is 0.0547. The van der Waals surface area contributed by atoms with Gasteiger partial charge in [-0.15, -0.1) is 22.7 Å². The average Bonchev–Trinajstić information content (AvgIpc) is 3.54. The fourth-order valence-corrected chi connectivity index (χ4v) is 5.59. The van der Waals surface area contributed by atoms with Crippen molar-refractivity contribution in [2.45, 2.75) is 13.0 Å². The Morgan fingerprint density at radius 2 is 2.03 bits per heavy atom. The van der Waals surface area contributed by atoms with E-state index in [4.69, 9.17) is 9.40 Å². The van der Waals surface area contributed by atoms with E-state index in [9.17, 15) is 9.59 Å². The number of hydrogen-bond donors (Lipinski definition) is 1. The highest BCUT2D eigenvalue weighted by Crippen LogP contribution is 2.34. The van der Waals surface area contributed by atoms with Gasteiger partial charge in [-0.05, 0) is 30.5 Å². The molecule has 4 aromatic rings. The van der Waals surface area contributed by atoms with Crippen LogP contribution >= 0.6 is 22.7 Å². The van der Waals surface area contributed by atoms with Crippen LogP contribution in [-0.4, -0.2) is 51.9 Å². The summed E-state index contributed by atoms with van der Waals surface area (Å²) in [6.07, 6.45) is 1.51. The SMILES string of the molecule is C[C@H](c1nc2scc(-c3cccs3)c2c(=O)[nH]1)N1CCN(C(=O)c2ccco2)CC1. The standard InChI is InChI=1S/C21H20N4O3S2/c1-13(24-6-8-25(9-7-24)21(27)15-4-2-10-28-15)18-22-19(26)17-14(12-30-20(17)23-18)16-5-3-11-29-16/h2-5,10-13H,6-9H2,1H3,(H,22,23,26)/t13-/m1/s1. The van der Waals surface area contributed by atoms with Crippen molar-refractivity contribution in [1.82, 2.24) is 19.8 Å². The molecule has 4 aromatic heterocycles. The molecule has 1 amide bonds. The van der Waals surface area contributed by atoms with Gasteiger partial charge in [-0.1, -0.05) is 6.07 Å². The predicted octanol–water partition coefficient (Wildman–Crippen LogP) is 3.83. The molecule has 0 aromatic carbocycles. The maximum atomic E-state index is 12.9. The Balaban J connectivity index is 1.34. The van der Waals surface area contributed by atoms with Crippen molar-refractivity contribution >= 4 is 38.8 Å². The van der Waals surface area contributed by atoms with Gasteiger partial charge in [-0.3, -0.25) is 14.5 Å². The number of piperazine rings is 1. The average molecular weight is 441 g/mol. The van der Waals surface area contributed by atoms with Gasteiger partial charge in [0.25, 0.3) is 11.5 Å². The number of hydrogen-bond acceptors (Lipinski definition) is 7. The molecule has 1 fully saturated rings. The summed E-state index contributed by atoms with van der Waals surface area (Å²) in [6, 6.07) is 7.36. The van der Waals surface area contributed by atoms with E-state index in [2.05, 4.69) is 9.88 Å². The Morgan fingerprint density at radius 1 is 1.20 bits per heavy atom. The molecule has 1 atom stereocenters. The Kier molecular flexibility index (Phi) is 5.01. The molecule has 0 bridgehead atoms. The summed E-state index contributed by atoms with van der Waals surface area (Å²) >= 11 is 3.12. The van der Waals surface area contributed by atoms with Gasteiger partial charge in [0.1, 0.15) is 10.7 Å². The van der Waals surface area contributed by atoms with E-state index in [0.29, 0.717) is 43.1 Å². The summed E-state index contributed by atoms with van der Waals surface area (Å²) < 4.78 is 5.22. The number of furan rings is 1. The van der Waals surface area contributed by atoms with E-state index in [-0.39, 0.29) is 17.5 Å². The molecule has 1 N–H and O–H groups in total. The number of aromatic amines is 1. The third-order valence-electron chi connectivity index (χ3n) is 5.53. The Morgan fingerprint density at radius 3 is 2.73 bits per heavy atom. The van der Waals surface area contributed by atoms with Crippen LogP contribution in [-0.2, 0) is 0 Å². The van der Waals surface area contributed by atoms with E-state index in [1.54, 1.807) is 28.4 Å². The minimum absolute atomic E-state index is 0.0461. The van der Waals surface area contributed by atoms with Gasteiger partial charge in [0.2, 0.25) is 0 Å². The van der Waals surface area contributed by atoms with Crippen LogP contribution in [0.5, 0.6) is 0 Å². The highest BCUT2D eigenvalue weighted by atomic mass is 32.1. The number of carbonyl (C=O) groups excluding carboxylic acids is 1.